The van der Waals surface area contributed by atoms with Crippen molar-refractivity contribution in [1.82, 2.24) is 4.90 Å². The normalized spacial score (nSPS) is 21.6. The molecule has 1 saturated heterocycles. The van der Waals surface area contributed by atoms with E-state index in [1.54, 1.807) is 7.11 Å². The first kappa shape index (κ1) is 12.1. The fourth-order valence-corrected chi connectivity index (χ4v) is 2.55. The highest BCUT2D eigenvalue weighted by Gasteiger charge is 2.21. The summed E-state index contributed by atoms with van der Waals surface area (Å²) < 4.78 is 6.57. The van der Waals surface area contributed by atoms with Crippen LogP contribution < -0.4 is 0 Å². The van der Waals surface area contributed by atoms with Gasteiger partial charge in [-0.2, -0.15) is 0 Å². The average Bonchev–Trinajstić information content (AvgIpc) is 2.71. The first-order valence-corrected chi connectivity index (χ1v) is 6.48. The van der Waals surface area contributed by atoms with Crippen molar-refractivity contribution >= 4 is 15.9 Å². The zero-order valence-electron chi connectivity index (χ0n) is 9.87. The molecule has 0 N–H and O–H groups in total. The lowest BCUT2D eigenvalue weighted by molar-refractivity contribution is 0.107. The lowest BCUT2D eigenvalue weighted by atomic mass is 10.1. The van der Waals surface area contributed by atoms with Crippen LogP contribution in [0.25, 0.3) is 0 Å². The fourth-order valence-electron chi connectivity index (χ4n) is 2.13. The van der Waals surface area contributed by atoms with Gasteiger partial charge in [0.25, 0.3) is 0 Å². The number of ether oxygens (including phenoxy) is 1. The summed E-state index contributed by atoms with van der Waals surface area (Å²) in [7, 11) is 1.80. The molecule has 0 unspecified atom stereocenters. The number of hydrogen-bond acceptors (Lipinski definition) is 2. The van der Waals surface area contributed by atoms with Crippen LogP contribution in [0.5, 0.6) is 0 Å². The molecule has 0 radical (unpaired) electrons. The third-order valence-electron chi connectivity index (χ3n) is 3.20. The van der Waals surface area contributed by atoms with Gasteiger partial charge < -0.3 is 4.74 Å². The maximum absolute atomic E-state index is 5.37. The number of methoxy groups -OCH3 is 1. The van der Waals surface area contributed by atoms with Crippen LogP contribution in [0.2, 0.25) is 0 Å². The van der Waals surface area contributed by atoms with Gasteiger partial charge in [0, 0.05) is 31.2 Å². The summed E-state index contributed by atoms with van der Waals surface area (Å²) in [5.41, 5.74) is 2.66. The van der Waals surface area contributed by atoms with E-state index in [4.69, 9.17) is 4.74 Å². The van der Waals surface area contributed by atoms with Crippen molar-refractivity contribution in [2.75, 3.05) is 20.2 Å². The van der Waals surface area contributed by atoms with Gasteiger partial charge >= 0.3 is 0 Å². The molecule has 0 amide bonds. The van der Waals surface area contributed by atoms with Crippen molar-refractivity contribution in [2.24, 2.45) is 0 Å². The van der Waals surface area contributed by atoms with Crippen LogP contribution in [0.1, 0.15) is 17.5 Å². The van der Waals surface area contributed by atoms with Crippen molar-refractivity contribution in [3.63, 3.8) is 0 Å². The molecule has 1 aliphatic rings. The van der Waals surface area contributed by atoms with Crippen LogP contribution in [-0.2, 0) is 11.3 Å². The Hall–Kier alpha value is -0.380. The third kappa shape index (κ3) is 2.84. The summed E-state index contributed by atoms with van der Waals surface area (Å²) in [5, 5.41) is 0. The summed E-state index contributed by atoms with van der Waals surface area (Å²) in [6, 6.07) is 6.60. The van der Waals surface area contributed by atoms with Crippen LogP contribution >= 0.6 is 15.9 Å². The SMILES string of the molecule is CO[C@H]1CCN(Cc2ccc(C)c(Br)c2)C1. The van der Waals surface area contributed by atoms with E-state index in [0.29, 0.717) is 6.10 Å². The molecule has 1 atom stereocenters. The second-order valence-electron chi connectivity index (χ2n) is 4.47. The highest BCUT2D eigenvalue weighted by atomic mass is 79.9. The van der Waals surface area contributed by atoms with E-state index in [1.165, 1.54) is 15.6 Å². The molecule has 16 heavy (non-hydrogen) atoms. The molecule has 1 aromatic rings. The average molecular weight is 284 g/mol. The Bertz CT molecular complexity index is 367. The predicted octanol–water partition coefficient (Wildman–Crippen LogP) is 2.98. The summed E-state index contributed by atoms with van der Waals surface area (Å²) in [6.45, 7) is 5.34. The van der Waals surface area contributed by atoms with Crippen molar-refractivity contribution in [3.05, 3.63) is 33.8 Å². The first-order chi connectivity index (χ1) is 7.69. The van der Waals surface area contributed by atoms with Crippen LogP contribution in [0.3, 0.4) is 0 Å². The summed E-state index contributed by atoms with van der Waals surface area (Å²) >= 11 is 3.58. The summed E-state index contributed by atoms with van der Waals surface area (Å²) in [6.07, 6.45) is 1.58. The number of likely N-dealkylation sites (tertiary alicyclic amines) is 1. The topological polar surface area (TPSA) is 12.5 Å². The highest BCUT2D eigenvalue weighted by molar-refractivity contribution is 9.10. The zero-order valence-corrected chi connectivity index (χ0v) is 11.5. The number of nitrogens with zero attached hydrogens (tertiary/aromatic N) is 1. The molecule has 1 aliphatic heterocycles. The molecule has 88 valence electrons. The molecule has 0 spiro atoms. The first-order valence-electron chi connectivity index (χ1n) is 5.69. The largest absolute Gasteiger partial charge is 0.380 e. The van der Waals surface area contributed by atoms with Crippen LogP contribution in [0.4, 0.5) is 0 Å². The van der Waals surface area contributed by atoms with Crippen LogP contribution in [0, 0.1) is 6.92 Å². The molecular weight excluding hydrogens is 266 g/mol. The van der Waals surface area contributed by atoms with E-state index in [-0.39, 0.29) is 0 Å². The van der Waals surface area contributed by atoms with E-state index in [0.717, 1.165) is 26.1 Å². The van der Waals surface area contributed by atoms with Crippen molar-refractivity contribution in [2.45, 2.75) is 26.0 Å². The van der Waals surface area contributed by atoms with E-state index >= 15 is 0 Å². The molecule has 0 aromatic heterocycles. The molecule has 1 aromatic carbocycles. The Morgan fingerprint density at radius 3 is 2.94 bits per heavy atom. The van der Waals surface area contributed by atoms with E-state index in [9.17, 15) is 0 Å². The van der Waals surface area contributed by atoms with Crippen molar-refractivity contribution in [3.8, 4) is 0 Å². The maximum Gasteiger partial charge on any atom is 0.0710 e. The standard InChI is InChI=1S/C13H18BrNO/c1-10-3-4-11(7-13(10)14)8-15-6-5-12(9-15)16-2/h3-4,7,12H,5-6,8-9H2,1-2H3/t12-/m0/s1. The van der Waals surface area contributed by atoms with Crippen molar-refractivity contribution < 1.29 is 4.74 Å². The molecule has 3 heteroatoms. The van der Waals surface area contributed by atoms with Gasteiger partial charge in [0.2, 0.25) is 0 Å². The van der Waals surface area contributed by atoms with Crippen LogP contribution in [0.15, 0.2) is 22.7 Å². The smallest absolute Gasteiger partial charge is 0.0710 e. The summed E-state index contributed by atoms with van der Waals surface area (Å²) in [5.74, 6) is 0. The Balaban J connectivity index is 1.97. The maximum atomic E-state index is 5.37. The number of halogens is 1. The number of rotatable bonds is 3. The Kier molecular flexibility index (Phi) is 4.00. The fraction of sp³-hybridized carbons (Fsp3) is 0.538. The second kappa shape index (κ2) is 5.30. The second-order valence-corrected chi connectivity index (χ2v) is 5.32. The molecule has 0 bridgehead atoms. The lowest BCUT2D eigenvalue weighted by Gasteiger charge is -2.16. The molecular formula is C13H18BrNO. The number of hydrogen-bond donors (Lipinski definition) is 0. The van der Waals surface area contributed by atoms with Gasteiger partial charge in [-0.15, -0.1) is 0 Å². The van der Waals surface area contributed by atoms with Gasteiger partial charge in [-0.3, -0.25) is 4.90 Å². The van der Waals surface area contributed by atoms with Gasteiger partial charge in [0.1, 0.15) is 0 Å². The molecule has 1 fully saturated rings. The lowest BCUT2D eigenvalue weighted by Crippen LogP contribution is -2.22. The Morgan fingerprint density at radius 2 is 2.31 bits per heavy atom. The minimum atomic E-state index is 0.425. The minimum absolute atomic E-state index is 0.425. The minimum Gasteiger partial charge on any atom is -0.380 e. The van der Waals surface area contributed by atoms with Crippen LogP contribution in [-0.4, -0.2) is 31.2 Å². The molecule has 0 aliphatic carbocycles. The highest BCUT2D eigenvalue weighted by Crippen LogP contribution is 2.20. The van der Waals surface area contributed by atoms with Gasteiger partial charge in [-0.25, -0.2) is 0 Å². The van der Waals surface area contributed by atoms with Gasteiger partial charge in [-0.05, 0) is 30.5 Å². The van der Waals surface area contributed by atoms with Gasteiger partial charge in [0.05, 0.1) is 6.10 Å². The van der Waals surface area contributed by atoms with E-state index in [2.05, 4.69) is 46.0 Å². The molecule has 0 saturated carbocycles. The Labute approximate surface area is 106 Å². The number of aryl methyl sites for hydroxylation is 1. The predicted molar refractivity (Wildman–Crippen MR) is 69.6 cm³/mol. The molecule has 2 rings (SSSR count). The quantitative estimate of drug-likeness (QED) is 0.846. The van der Waals surface area contributed by atoms with Gasteiger partial charge in [0.15, 0.2) is 0 Å². The van der Waals surface area contributed by atoms with E-state index < -0.39 is 0 Å². The third-order valence-corrected chi connectivity index (χ3v) is 4.06. The Morgan fingerprint density at radius 1 is 1.50 bits per heavy atom. The summed E-state index contributed by atoms with van der Waals surface area (Å²) in [4.78, 5) is 2.45. The number of benzene rings is 1. The van der Waals surface area contributed by atoms with Gasteiger partial charge in [-0.1, -0.05) is 28.1 Å². The molecule has 2 nitrogen and oxygen atoms in total. The van der Waals surface area contributed by atoms with E-state index in [1.807, 2.05) is 0 Å². The monoisotopic (exact) mass is 283 g/mol. The molecule has 1 heterocycles. The zero-order chi connectivity index (χ0) is 11.5. The van der Waals surface area contributed by atoms with Crippen molar-refractivity contribution in [1.29, 1.82) is 0 Å².